The zero-order valence-electron chi connectivity index (χ0n) is 11.9. The summed E-state index contributed by atoms with van der Waals surface area (Å²) in [6.07, 6.45) is 0. The van der Waals surface area contributed by atoms with Crippen molar-refractivity contribution in [2.24, 2.45) is 5.73 Å². The zero-order chi connectivity index (χ0) is 15.6. The second-order valence-electron chi connectivity index (χ2n) is 4.97. The molecule has 2 aromatic rings. The quantitative estimate of drug-likeness (QED) is 0.876. The van der Waals surface area contributed by atoms with Gasteiger partial charge >= 0.3 is 0 Å². The molecule has 21 heavy (non-hydrogen) atoms. The van der Waals surface area contributed by atoms with Gasteiger partial charge in [-0.25, -0.2) is 8.78 Å². The van der Waals surface area contributed by atoms with Crippen LogP contribution in [0.5, 0.6) is 0 Å². The number of hydrogen-bond donors (Lipinski definition) is 1. The van der Waals surface area contributed by atoms with Crippen molar-refractivity contribution < 1.29 is 8.78 Å². The highest BCUT2D eigenvalue weighted by Crippen LogP contribution is 2.24. The summed E-state index contributed by atoms with van der Waals surface area (Å²) >= 11 is 4.69. The Morgan fingerprint density at radius 1 is 1.10 bits per heavy atom. The van der Waals surface area contributed by atoms with Crippen LogP contribution in [0.15, 0.2) is 36.4 Å². The molecule has 0 heterocycles. The topological polar surface area (TPSA) is 29.3 Å². The molecule has 0 aliphatic heterocycles. The Hall–Kier alpha value is -2.01. The van der Waals surface area contributed by atoms with Gasteiger partial charge in [0.05, 0.1) is 5.69 Å². The first kappa shape index (κ1) is 15.4. The maximum atomic E-state index is 14.1. The molecule has 0 atom stereocenters. The van der Waals surface area contributed by atoms with Crippen molar-refractivity contribution >= 4 is 22.9 Å². The van der Waals surface area contributed by atoms with E-state index in [1.807, 2.05) is 31.2 Å². The van der Waals surface area contributed by atoms with E-state index in [1.165, 1.54) is 12.1 Å². The average molecular weight is 306 g/mol. The van der Waals surface area contributed by atoms with E-state index in [2.05, 4.69) is 0 Å². The van der Waals surface area contributed by atoms with Crippen molar-refractivity contribution in [3.05, 3.63) is 64.7 Å². The average Bonchev–Trinajstić information content (AvgIpc) is 2.43. The Morgan fingerprint density at radius 3 is 2.29 bits per heavy atom. The maximum Gasteiger partial charge on any atom is 0.182 e. The summed E-state index contributed by atoms with van der Waals surface area (Å²) in [5.41, 5.74) is 7.63. The molecule has 0 aliphatic carbocycles. The smallest absolute Gasteiger partial charge is 0.182 e. The van der Waals surface area contributed by atoms with Gasteiger partial charge in [0.2, 0.25) is 0 Å². The number of hydrogen-bond acceptors (Lipinski definition) is 2. The van der Waals surface area contributed by atoms with Crippen LogP contribution in [-0.2, 0) is 6.54 Å². The molecule has 0 aliphatic rings. The van der Waals surface area contributed by atoms with E-state index in [0.717, 1.165) is 11.1 Å². The minimum atomic E-state index is -1.00. The van der Waals surface area contributed by atoms with E-state index < -0.39 is 11.6 Å². The largest absolute Gasteiger partial charge is 0.389 e. The van der Waals surface area contributed by atoms with Gasteiger partial charge in [-0.05, 0) is 24.6 Å². The second-order valence-corrected chi connectivity index (χ2v) is 5.41. The number of anilines is 1. The highest BCUT2D eigenvalue weighted by molar-refractivity contribution is 7.80. The van der Waals surface area contributed by atoms with Crippen LogP contribution in [0.25, 0.3) is 0 Å². The molecule has 2 aromatic carbocycles. The number of nitrogens with zero attached hydrogens (tertiary/aromatic N) is 1. The molecule has 2 nitrogen and oxygen atoms in total. The fourth-order valence-electron chi connectivity index (χ4n) is 2.08. The van der Waals surface area contributed by atoms with Crippen LogP contribution in [0.2, 0.25) is 0 Å². The van der Waals surface area contributed by atoms with Gasteiger partial charge in [0.25, 0.3) is 0 Å². The summed E-state index contributed by atoms with van der Waals surface area (Å²) in [5, 5.41) is 0. The Kier molecular flexibility index (Phi) is 4.53. The minimum Gasteiger partial charge on any atom is -0.389 e. The van der Waals surface area contributed by atoms with Gasteiger partial charge in [0, 0.05) is 19.2 Å². The first-order valence-corrected chi connectivity index (χ1v) is 6.85. The van der Waals surface area contributed by atoms with Crippen LogP contribution in [0.1, 0.15) is 16.7 Å². The van der Waals surface area contributed by atoms with Gasteiger partial charge in [0.15, 0.2) is 11.6 Å². The van der Waals surface area contributed by atoms with Crippen molar-refractivity contribution in [2.75, 3.05) is 11.9 Å². The number of benzene rings is 2. The number of thiocarbonyl (C=S) groups is 1. The molecule has 0 amide bonds. The second kappa shape index (κ2) is 6.18. The highest BCUT2D eigenvalue weighted by atomic mass is 32.1. The minimum absolute atomic E-state index is 0.0741. The maximum absolute atomic E-state index is 14.1. The third-order valence-corrected chi connectivity index (χ3v) is 3.50. The number of halogens is 2. The monoisotopic (exact) mass is 306 g/mol. The van der Waals surface area contributed by atoms with Crippen molar-refractivity contribution in [3.8, 4) is 0 Å². The lowest BCUT2D eigenvalue weighted by molar-refractivity contribution is 0.506. The molecular weight excluding hydrogens is 290 g/mol. The Bertz CT molecular complexity index is 669. The number of nitrogens with two attached hydrogens (primary N) is 1. The standard InChI is InChI=1S/C16H16F2N2S/c1-10-3-5-11(6-4-10)9-20(2)13-8-7-12(16(19)21)14(17)15(13)18/h3-8H,9H2,1-2H3,(H2,19,21). The predicted octanol–water partition coefficient (Wildman–Crippen LogP) is 3.54. The molecule has 2 N–H and O–H groups in total. The Labute approximate surface area is 128 Å². The zero-order valence-corrected chi connectivity index (χ0v) is 12.7. The lowest BCUT2D eigenvalue weighted by Crippen LogP contribution is -2.20. The summed E-state index contributed by atoms with van der Waals surface area (Å²) in [6, 6.07) is 10.8. The fourth-order valence-corrected chi connectivity index (χ4v) is 2.23. The van der Waals surface area contributed by atoms with E-state index in [-0.39, 0.29) is 16.2 Å². The summed E-state index contributed by atoms with van der Waals surface area (Å²) in [6.45, 7) is 2.47. The molecule has 0 bridgehead atoms. The lowest BCUT2D eigenvalue weighted by Gasteiger charge is -2.21. The molecule has 5 heteroatoms. The van der Waals surface area contributed by atoms with Crippen molar-refractivity contribution in [2.45, 2.75) is 13.5 Å². The first-order chi connectivity index (χ1) is 9.90. The summed E-state index contributed by atoms with van der Waals surface area (Å²) in [5.74, 6) is -1.94. The van der Waals surface area contributed by atoms with E-state index in [4.69, 9.17) is 18.0 Å². The molecule has 0 fully saturated rings. The predicted molar refractivity (Wildman–Crippen MR) is 85.5 cm³/mol. The molecule has 0 spiro atoms. The van der Waals surface area contributed by atoms with Gasteiger partial charge in [0.1, 0.15) is 4.99 Å². The van der Waals surface area contributed by atoms with Crippen LogP contribution in [0.3, 0.4) is 0 Å². The molecule has 0 radical (unpaired) electrons. The number of rotatable bonds is 4. The summed E-state index contributed by atoms with van der Waals surface area (Å²) in [7, 11) is 1.71. The van der Waals surface area contributed by atoms with Crippen LogP contribution in [0.4, 0.5) is 14.5 Å². The number of aryl methyl sites for hydroxylation is 1. The molecular formula is C16H16F2N2S. The summed E-state index contributed by atoms with van der Waals surface area (Å²) < 4.78 is 28.0. The lowest BCUT2D eigenvalue weighted by atomic mass is 10.1. The molecule has 0 saturated heterocycles. The van der Waals surface area contributed by atoms with Crippen LogP contribution < -0.4 is 10.6 Å². The fraction of sp³-hybridized carbons (Fsp3) is 0.188. The Morgan fingerprint density at radius 2 is 1.71 bits per heavy atom. The van der Waals surface area contributed by atoms with Crippen molar-refractivity contribution in [3.63, 3.8) is 0 Å². The van der Waals surface area contributed by atoms with Crippen LogP contribution >= 0.6 is 12.2 Å². The SMILES string of the molecule is Cc1ccc(CN(C)c2ccc(C(N)=S)c(F)c2F)cc1. The van der Waals surface area contributed by atoms with E-state index >= 15 is 0 Å². The summed E-state index contributed by atoms with van der Waals surface area (Å²) in [4.78, 5) is 1.49. The van der Waals surface area contributed by atoms with Gasteiger partial charge in [-0.2, -0.15) is 0 Å². The Balaban J connectivity index is 2.27. The third-order valence-electron chi connectivity index (χ3n) is 3.28. The highest BCUT2D eigenvalue weighted by Gasteiger charge is 2.17. The molecule has 0 aromatic heterocycles. The first-order valence-electron chi connectivity index (χ1n) is 6.44. The third kappa shape index (κ3) is 3.36. The molecule has 2 rings (SSSR count). The van der Waals surface area contributed by atoms with Crippen molar-refractivity contribution in [1.82, 2.24) is 0 Å². The van der Waals surface area contributed by atoms with E-state index in [1.54, 1.807) is 11.9 Å². The van der Waals surface area contributed by atoms with Gasteiger partial charge in [-0.1, -0.05) is 42.0 Å². The molecule has 0 unspecified atom stereocenters. The van der Waals surface area contributed by atoms with Gasteiger partial charge < -0.3 is 10.6 Å². The van der Waals surface area contributed by atoms with Crippen LogP contribution in [0, 0.1) is 18.6 Å². The van der Waals surface area contributed by atoms with Gasteiger partial charge in [-0.15, -0.1) is 0 Å². The van der Waals surface area contributed by atoms with Gasteiger partial charge in [-0.3, -0.25) is 0 Å². The van der Waals surface area contributed by atoms with Crippen LogP contribution in [-0.4, -0.2) is 12.0 Å². The van der Waals surface area contributed by atoms with E-state index in [9.17, 15) is 8.78 Å². The van der Waals surface area contributed by atoms with E-state index in [0.29, 0.717) is 6.54 Å². The molecule has 110 valence electrons. The normalized spacial score (nSPS) is 10.5. The van der Waals surface area contributed by atoms with Crippen molar-refractivity contribution in [1.29, 1.82) is 0 Å². The molecule has 0 saturated carbocycles.